The van der Waals surface area contributed by atoms with E-state index in [1.54, 1.807) is 18.2 Å². The highest BCUT2D eigenvalue weighted by Crippen LogP contribution is 2.32. The monoisotopic (exact) mass is 398 g/mol. The number of hydrogen-bond donors (Lipinski definition) is 0. The summed E-state index contributed by atoms with van der Waals surface area (Å²) in [5, 5.41) is 2.22. The van der Waals surface area contributed by atoms with E-state index in [4.69, 9.17) is 0 Å². The first kappa shape index (κ1) is 18.6. The van der Waals surface area contributed by atoms with Gasteiger partial charge in [-0.25, -0.2) is 0 Å². The Morgan fingerprint density at radius 2 is 1.60 bits per heavy atom. The maximum absolute atomic E-state index is 12.8. The summed E-state index contributed by atoms with van der Waals surface area (Å²) in [7, 11) is 0. The molecule has 0 radical (unpaired) electrons. The number of amides is 2. The molecule has 0 saturated carbocycles. The van der Waals surface area contributed by atoms with E-state index in [1.807, 2.05) is 47.4 Å². The minimum absolute atomic E-state index is 0.0641. The molecule has 2 heterocycles. The van der Waals surface area contributed by atoms with Gasteiger partial charge >= 0.3 is 0 Å². The Bertz CT molecular complexity index is 1180. The molecule has 3 aromatic carbocycles. The van der Waals surface area contributed by atoms with E-state index < -0.39 is 11.7 Å². The highest BCUT2D eigenvalue weighted by atomic mass is 16.2. The zero-order valence-corrected chi connectivity index (χ0v) is 16.6. The lowest BCUT2D eigenvalue weighted by Gasteiger charge is -2.27. The van der Waals surface area contributed by atoms with E-state index in [1.165, 1.54) is 4.90 Å². The van der Waals surface area contributed by atoms with E-state index >= 15 is 0 Å². The Labute approximate surface area is 174 Å². The topological polar surface area (TPSA) is 57.7 Å². The van der Waals surface area contributed by atoms with Crippen LogP contribution in [-0.4, -0.2) is 35.6 Å². The fraction of sp³-hybridized carbons (Fsp3) is 0.240. The van der Waals surface area contributed by atoms with Gasteiger partial charge in [0.25, 0.3) is 17.6 Å². The van der Waals surface area contributed by atoms with Crippen LogP contribution >= 0.6 is 0 Å². The van der Waals surface area contributed by atoms with Crippen LogP contribution in [0.5, 0.6) is 0 Å². The van der Waals surface area contributed by atoms with E-state index in [0.29, 0.717) is 23.4 Å². The Balaban J connectivity index is 1.44. The molecule has 0 unspecified atom stereocenters. The largest absolute Gasteiger partial charge is 0.339 e. The molecule has 150 valence electrons. The molecular weight excluding hydrogens is 376 g/mol. The van der Waals surface area contributed by atoms with Gasteiger partial charge in [0.15, 0.2) is 0 Å². The van der Waals surface area contributed by atoms with Crippen molar-refractivity contribution < 1.29 is 14.4 Å². The minimum atomic E-state index is -0.543. The average molecular weight is 398 g/mol. The number of anilines is 1. The lowest BCUT2D eigenvalue weighted by molar-refractivity contribution is -0.114. The van der Waals surface area contributed by atoms with E-state index in [2.05, 4.69) is 0 Å². The molecule has 5 heteroatoms. The molecule has 0 N–H and O–H groups in total. The smallest absolute Gasteiger partial charge is 0.299 e. The molecule has 0 atom stereocenters. The van der Waals surface area contributed by atoms with Gasteiger partial charge in [-0.2, -0.15) is 0 Å². The van der Waals surface area contributed by atoms with Gasteiger partial charge in [0, 0.05) is 18.7 Å². The van der Waals surface area contributed by atoms with E-state index in [9.17, 15) is 14.4 Å². The fourth-order valence-corrected chi connectivity index (χ4v) is 4.39. The summed E-state index contributed by atoms with van der Waals surface area (Å²) in [5.74, 6) is -1.15. The molecule has 30 heavy (non-hydrogen) atoms. The molecule has 2 aliphatic rings. The zero-order valence-electron chi connectivity index (χ0n) is 16.6. The molecule has 0 aliphatic carbocycles. The summed E-state index contributed by atoms with van der Waals surface area (Å²) in [6, 6.07) is 19.1. The van der Waals surface area contributed by atoms with Crippen molar-refractivity contribution in [2.75, 3.05) is 18.0 Å². The molecule has 2 amide bonds. The number of carbonyl (C=O) groups is 3. The SMILES string of the molecule is O=C1C(=O)N(Cc2ccc3ccccc3c2)c2ccc(C(=O)N3CCCCC3)cc21. The van der Waals surface area contributed by atoms with Crippen molar-refractivity contribution in [1.29, 1.82) is 0 Å². The summed E-state index contributed by atoms with van der Waals surface area (Å²) < 4.78 is 0. The summed E-state index contributed by atoms with van der Waals surface area (Å²) in [6.45, 7) is 1.82. The quantitative estimate of drug-likeness (QED) is 0.622. The van der Waals surface area contributed by atoms with Crippen molar-refractivity contribution in [3.05, 3.63) is 77.4 Å². The molecule has 0 aromatic heterocycles. The third-order valence-corrected chi connectivity index (χ3v) is 6.02. The van der Waals surface area contributed by atoms with Gasteiger partial charge in [-0.1, -0.05) is 36.4 Å². The first-order valence-electron chi connectivity index (χ1n) is 10.4. The van der Waals surface area contributed by atoms with Crippen LogP contribution < -0.4 is 4.90 Å². The third kappa shape index (κ3) is 3.16. The second-order valence-electron chi connectivity index (χ2n) is 7.99. The van der Waals surface area contributed by atoms with Crippen LogP contribution in [0.2, 0.25) is 0 Å². The molecule has 3 aromatic rings. The van der Waals surface area contributed by atoms with E-state index in [-0.39, 0.29) is 5.91 Å². The Kier molecular flexibility index (Phi) is 4.58. The van der Waals surface area contributed by atoms with Crippen molar-refractivity contribution in [3.63, 3.8) is 0 Å². The second-order valence-corrected chi connectivity index (χ2v) is 7.99. The first-order chi connectivity index (χ1) is 14.6. The number of benzene rings is 3. The molecule has 1 saturated heterocycles. The van der Waals surface area contributed by atoms with Gasteiger partial charge in [-0.05, 0) is 59.9 Å². The minimum Gasteiger partial charge on any atom is -0.339 e. The van der Waals surface area contributed by atoms with Gasteiger partial charge in [-0.15, -0.1) is 0 Å². The Morgan fingerprint density at radius 1 is 0.833 bits per heavy atom. The first-order valence-corrected chi connectivity index (χ1v) is 10.4. The third-order valence-electron chi connectivity index (χ3n) is 6.02. The van der Waals surface area contributed by atoms with Crippen molar-refractivity contribution >= 4 is 34.1 Å². The molecular formula is C25H22N2O3. The van der Waals surface area contributed by atoms with E-state index in [0.717, 1.165) is 48.7 Å². The van der Waals surface area contributed by atoms with Gasteiger partial charge in [0.2, 0.25) is 0 Å². The van der Waals surface area contributed by atoms with Crippen LogP contribution in [0, 0.1) is 0 Å². The molecule has 1 fully saturated rings. The number of fused-ring (bicyclic) bond motifs is 2. The summed E-state index contributed by atoms with van der Waals surface area (Å²) in [4.78, 5) is 41.5. The van der Waals surface area contributed by atoms with Crippen LogP contribution in [0.1, 0.15) is 45.5 Å². The second kappa shape index (κ2) is 7.41. The van der Waals surface area contributed by atoms with Crippen molar-refractivity contribution in [2.24, 2.45) is 0 Å². The molecule has 0 bridgehead atoms. The van der Waals surface area contributed by atoms with Crippen LogP contribution in [0.25, 0.3) is 10.8 Å². The number of Topliss-reactive ketones (excluding diaryl/α,β-unsaturated/α-hetero) is 1. The maximum Gasteiger partial charge on any atom is 0.299 e. The van der Waals surface area contributed by atoms with Crippen LogP contribution in [0.3, 0.4) is 0 Å². The highest BCUT2D eigenvalue weighted by molar-refractivity contribution is 6.52. The standard InChI is InChI=1S/C25H22N2O3/c28-23-21-15-20(24(29)26-12-4-1-5-13-26)10-11-22(21)27(25(23)30)16-17-8-9-18-6-2-3-7-19(18)14-17/h2-3,6-11,14-15H,1,4-5,12-13,16H2. The van der Waals surface area contributed by atoms with Gasteiger partial charge < -0.3 is 9.80 Å². The number of nitrogens with zero attached hydrogens (tertiary/aromatic N) is 2. The predicted octanol–water partition coefficient (Wildman–Crippen LogP) is 4.20. The number of rotatable bonds is 3. The zero-order chi connectivity index (χ0) is 20.7. The maximum atomic E-state index is 12.8. The lowest BCUT2D eigenvalue weighted by atomic mass is 10.0. The lowest BCUT2D eigenvalue weighted by Crippen LogP contribution is -2.35. The predicted molar refractivity (Wildman–Crippen MR) is 116 cm³/mol. The number of carbonyl (C=O) groups excluding carboxylic acids is 3. The molecule has 0 spiro atoms. The average Bonchev–Trinajstić information content (AvgIpc) is 3.03. The highest BCUT2D eigenvalue weighted by Gasteiger charge is 2.36. The van der Waals surface area contributed by atoms with Crippen LogP contribution in [0.4, 0.5) is 5.69 Å². The number of likely N-dealkylation sites (tertiary alicyclic amines) is 1. The Hall–Kier alpha value is -3.47. The summed E-state index contributed by atoms with van der Waals surface area (Å²) in [5.41, 5.74) is 2.33. The molecule has 2 aliphatic heterocycles. The van der Waals surface area contributed by atoms with Crippen molar-refractivity contribution in [1.82, 2.24) is 4.90 Å². The number of hydrogen-bond acceptors (Lipinski definition) is 3. The molecule has 5 rings (SSSR count). The van der Waals surface area contributed by atoms with Crippen LogP contribution in [0.15, 0.2) is 60.7 Å². The van der Waals surface area contributed by atoms with Crippen molar-refractivity contribution in [3.8, 4) is 0 Å². The van der Waals surface area contributed by atoms with Gasteiger partial charge in [0.1, 0.15) is 0 Å². The van der Waals surface area contributed by atoms with Crippen LogP contribution in [-0.2, 0) is 11.3 Å². The van der Waals surface area contributed by atoms with Gasteiger partial charge in [0.05, 0.1) is 17.8 Å². The van der Waals surface area contributed by atoms with Gasteiger partial charge in [-0.3, -0.25) is 14.4 Å². The number of ketones is 1. The summed E-state index contributed by atoms with van der Waals surface area (Å²) in [6.07, 6.45) is 3.16. The summed E-state index contributed by atoms with van der Waals surface area (Å²) >= 11 is 0. The number of piperidine rings is 1. The van der Waals surface area contributed by atoms with Crippen molar-refractivity contribution in [2.45, 2.75) is 25.8 Å². The normalized spacial score (nSPS) is 16.3. The molecule has 5 nitrogen and oxygen atoms in total. The fourth-order valence-electron chi connectivity index (χ4n) is 4.39. The Morgan fingerprint density at radius 3 is 2.40 bits per heavy atom.